The zero-order valence-corrected chi connectivity index (χ0v) is 18.7. The highest BCUT2D eigenvalue weighted by molar-refractivity contribution is 7.89. The number of nitrogens with zero attached hydrogens (tertiary/aromatic N) is 4. The molecule has 8 nitrogen and oxygen atoms in total. The second-order valence-electron chi connectivity index (χ2n) is 8.07. The van der Waals surface area contributed by atoms with Gasteiger partial charge in [-0.05, 0) is 30.5 Å². The first-order chi connectivity index (χ1) is 13.7. The van der Waals surface area contributed by atoms with Crippen molar-refractivity contribution in [3.63, 3.8) is 0 Å². The highest BCUT2D eigenvalue weighted by Crippen LogP contribution is 2.24. The smallest absolute Gasteiger partial charge is 0.242 e. The molecule has 0 saturated carbocycles. The summed E-state index contributed by atoms with van der Waals surface area (Å²) in [6.45, 7) is 8.95. The van der Waals surface area contributed by atoms with Gasteiger partial charge in [0, 0.05) is 33.7 Å². The minimum Gasteiger partial charge on any atom is -0.353 e. The monoisotopic (exact) mass is 421 g/mol. The lowest BCUT2D eigenvalue weighted by atomic mass is 10.00. The van der Waals surface area contributed by atoms with E-state index in [1.807, 2.05) is 6.07 Å². The van der Waals surface area contributed by atoms with Crippen molar-refractivity contribution in [2.45, 2.75) is 51.2 Å². The van der Waals surface area contributed by atoms with Gasteiger partial charge in [0.05, 0.1) is 28.5 Å². The number of carbonyl (C=O) groups excluding carboxylic acids is 1. The summed E-state index contributed by atoms with van der Waals surface area (Å²) in [5.41, 5.74) is 1.58. The van der Waals surface area contributed by atoms with Crippen LogP contribution in [0.4, 0.5) is 0 Å². The summed E-state index contributed by atoms with van der Waals surface area (Å²) in [4.78, 5) is 19.6. The maximum Gasteiger partial charge on any atom is 0.242 e. The lowest BCUT2D eigenvalue weighted by molar-refractivity contribution is -0.131. The van der Waals surface area contributed by atoms with Gasteiger partial charge < -0.3 is 9.88 Å². The number of piperazine rings is 1. The Morgan fingerprint density at radius 1 is 1.31 bits per heavy atom. The van der Waals surface area contributed by atoms with Gasteiger partial charge >= 0.3 is 0 Å². The SMILES string of the molecule is CCCn1c(CN2CCNC(=O)C2C(C)C)nc2cc(S(=O)(=O)N(C)C)ccc21. The average Bonchev–Trinajstić information content (AvgIpc) is 2.98. The number of amides is 1. The Balaban J connectivity index is 2.02. The molecule has 2 heterocycles. The maximum absolute atomic E-state index is 12.5. The Kier molecular flexibility index (Phi) is 6.30. The lowest BCUT2D eigenvalue weighted by Crippen LogP contribution is -2.57. The van der Waals surface area contributed by atoms with Crippen LogP contribution in [0.15, 0.2) is 23.1 Å². The number of aryl methyl sites for hydroxylation is 1. The minimum absolute atomic E-state index is 0.0590. The van der Waals surface area contributed by atoms with E-state index in [1.165, 1.54) is 18.4 Å². The van der Waals surface area contributed by atoms with Crippen LogP contribution in [-0.4, -0.2) is 66.3 Å². The van der Waals surface area contributed by atoms with E-state index in [2.05, 4.69) is 35.6 Å². The van der Waals surface area contributed by atoms with E-state index in [-0.39, 0.29) is 22.8 Å². The third-order valence-corrected chi connectivity index (χ3v) is 7.17. The van der Waals surface area contributed by atoms with E-state index >= 15 is 0 Å². The second-order valence-corrected chi connectivity index (χ2v) is 10.2. The van der Waals surface area contributed by atoms with E-state index in [0.29, 0.717) is 18.6 Å². The van der Waals surface area contributed by atoms with Crippen molar-refractivity contribution in [1.82, 2.24) is 24.1 Å². The number of rotatable bonds is 7. The minimum atomic E-state index is -3.52. The summed E-state index contributed by atoms with van der Waals surface area (Å²) in [5, 5.41) is 2.95. The summed E-state index contributed by atoms with van der Waals surface area (Å²) in [6, 6.07) is 4.92. The Morgan fingerprint density at radius 2 is 2.03 bits per heavy atom. The molecule has 1 N–H and O–H groups in total. The van der Waals surface area contributed by atoms with Gasteiger partial charge in [0.15, 0.2) is 0 Å². The van der Waals surface area contributed by atoms with Crippen LogP contribution in [0.3, 0.4) is 0 Å². The number of benzene rings is 1. The number of nitrogens with one attached hydrogen (secondary N) is 1. The Labute approximate surface area is 172 Å². The van der Waals surface area contributed by atoms with Crippen LogP contribution in [0.25, 0.3) is 11.0 Å². The fourth-order valence-corrected chi connectivity index (χ4v) is 4.86. The summed E-state index contributed by atoms with van der Waals surface area (Å²) >= 11 is 0. The van der Waals surface area contributed by atoms with Crippen LogP contribution in [0.1, 0.15) is 33.0 Å². The van der Waals surface area contributed by atoms with Gasteiger partial charge in [0.25, 0.3) is 0 Å². The normalized spacial score (nSPS) is 18.7. The summed E-state index contributed by atoms with van der Waals surface area (Å²) in [6.07, 6.45) is 0.935. The van der Waals surface area contributed by atoms with Crippen LogP contribution in [-0.2, 0) is 27.9 Å². The van der Waals surface area contributed by atoms with Crippen molar-refractivity contribution in [2.75, 3.05) is 27.2 Å². The van der Waals surface area contributed by atoms with Crippen LogP contribution in [0, 0.1) is 5.92 Å². The van der Waals surface area contributed by atoms with E-state index in [9.17, 15) is 13.2 Å². The molecule has 0 bridgehead atoms. The van der Waals surface area contributed by atoms with Crippen molar-refractivity contribution in [3.8, 4) is 0 Å². The highest BCUT2D eigenvalue weighted by atomic mass is 32.2. The van der Waals surface area contributed by atoms with E-state index < -0.39 is 10.0 Å². The molecule has 2 aromatic rings. The summed E-state index contributed by atoms with van der Waals surface area (Å²) < 4.78 is 28.4. The molecule has 1 aromatic heterocycles. The molecular weight excluding hydrogens is 390 g/mol. The topological polar surface area (TPSA) is 87.5 Å². The van der Waals surface area contributed by atoms with Crippen molar-refractivity contribution in [2.24, 2.45) is 5.92 Å². The van der Waals surface area contributed by atoms with Gasteiger partial charge in [0.2, 0.25) is 15.9 Å². The van der Waals surface area contributed by atoms with E-state index in [4.69, 9.17) is 4.98 Å². The number of hydrogen-bond donors (Lipinski definition) is 1. The molecule has 1 amide bonds. The fraction of sp³-hybridized carbons (Fsp3) is 0.600. The van der Waals surface area contributed by atoms with Crippen LogP contribution >= 0.6 is 0 Å². The quantitative estimate of drug-likeness (QED) is 0.735. The standard InChI is InChI=1S/C20H31N5O3S/c1-6-10-25-17-8-7-15(29(27,28)23(4)5)12-16(17)22-18(25)13-24-11-9-21-20(26)19(24)14(2)3/h7-8,12,14,19H,6,9-11,13H2,1-5H3,(H,21,26). The zero-order valence-electron chi connectivity index (χ0n) is 17.8. The predicted molar refractivity (Wildman–Crippen MR) is 113 cm³/mol. The molecule has 1 unspecified atom stereocenters. The third kappa shape index (κ3) is 4.17. The molecule has 3 rings (SSSR count). The predicted octanol–water partition coefficient (Wildman–Crippen LogP) is 1.65. The van der Waals surface area contributed by atoms with Crippen LogP contribution in [0.2, 0.25) is 0 Å². The first kappa shape index (κ1) is 21.7. The number of carbonyl (C=O) groups is 1. The van der Waals surface area contributed by atoms with Gasteiger partial charge in [-0.1, -0.05) is 20.8 Å². The van der Waals surface area contributed by atoms with E-state index in [0.717, 1.165) is 30.9 Å². The molecule has 9 heteroatoms. The molecule has 0 radical (unpaired) electrons. The van der Waals surface area contributed by atoms with Gasteiger partial charge in [0.1, 0.15) is 5.82 Å². The third-order valence-electron chi connectivity index (χ3n) is 5.36. The van der Waals surface area contributed by atoms with Gasteiger partial charge in [-0.3, -0.25) is 9.69 Å². The number of sulfonamides is 1. The molecule has 29 heavy (non-hydrogen) atoms. The summed E-state index contributed by atoms with van der Waals surface area (Å²) in [7, 11) is -0.474. The Bertz CT molecular complexity index is 997. The molecule has 1 aromatic carbocycles. The zero-order chi connectivity index (χ0) is 21.3. The number of fused-ring (bicyclic) bond motifs is 1. The van der Waals surface area contributed by atoms with Crippen molar-refractivity contribution >= 4 is 27.0 Å². The first-order valence-corrected chi connectivity index (χ1v) is 11.5. The molecule has 1 aliphatic heterocycles. The molecule has 1 fully saturated rings. The average molecular weight is 422 g/mol. The summed E-state index contributed by atoms with van der Waals surface area (Å²) in [5.74, 6) is 1.11. The van der Waals surface area contributed by atoms with Gasteiger partial charge in [-0.2, -0.15) is 0 Å². The van der Waals surface area contributed by atoms with E-state index in [1.54, 1.807) is 12.1 Å². The maximum atomic E-state index is 12.5. The Hall–Kier alpha value is -1.97. The second kappa shape index (κ2) is 8.41. The van der Waals surface area contributed by atoms with Crippen LogP contribution < -0.4 is 5.32 Å². The molecule has 0 aliphatic carbocycles. The van der Waals surface area contributed by atoms with Gasteiger partial charge in [-0.15, -0.1) is 0 Å². The molecule has 1 aliphatic rings. The highest BCUT2D eigenvalue weighted by Gasteiger charge is 2.33. The van der Waals surface area contributed by atoms with Crippen molar-refractivity contribution < 1.29 is 13.2 Å². The number of imidazole rings is 1. The molecule has 0 spiro atoms. The van der Waals surface area contributed by atoms with Crippen molar-refractivity contribution in [1.29, 1.82) is 0 Å². The molecule has 1 saturated heterocycles. The largest absolute Gasteiger partial charge is 0.353 e. The number of hydrogen-bond acceptors (Lipinski definition) is 5. The lowest BCUT2D eigenvalue weighted by Gasteiger charge is -2.37. The molecule has 160 valence electrons. The Morgan fingerprint density at radius 3 is 2.66 bits per heavy atom. The van der Waals surface area contributed by atoms with Crippen LogP contribution in [0.5, 0.6) is 0 Å². The number of aromatic nitrogens is 2. The van der Waals surface area contributed by atoms with Crippen molar-refractivity contribution in [3.05, 3.63) is 24.0 Å². The van der Waals surface area contributed by atoms with Gasteiger partial charge in [-0.25, -0.2) is 17.7 Å². The molecule has 1 atom stereocenters. The molecular formula is C20H31N5O3S. The first-order valence-electron chi connectivity index (χ1n) is 10.1. The fourth-order valence-electron chi connectivity index (χ4n) is 3.94.